The maximum atomic E-state index is 12.3. The lowest BCUT2D eigenvalue weighted by molar-refractivity contribution is 0.0948. The van der Waals surface area contributed by atoms with Crippen LogP contribution in [0.1, 0.15) is 40.2 Å². The summed E-state index contributed by atoms with van der Waals surface area (Å²) in [6.45, 7) is 7.26. The van der Waals surface area contributed by atoms with Crippen molar-refractivity contribution in [1.82, 2.24) is 15.3 Å². The van der Waals surface area contributed by atoms with Crippen LogP contribution in [0.2, 0.25) is 5.02 Å². The third-order valence-corrected chi connectivity index (χ3v) is 6.45. The first-order valence-corrected chi connectivity index (χ1v) is 12.1. The second-order valence-corrected chi connectivity index (χ2v) is 9.12. The van der Waals surface area contributed by atoms with Crippen molar-refractivity contribution in [3.8, 4) is 11.1 Å². The molecule has 0 bridgehead atoms. The van der Waals surface area contributed by atoms with E-state index in [2.05, 4.69) is 58.7 Å². The second-order valence-electron chi connectivity index (χ2n) is 8.75. The van der Waals surface area contributed by atoms with Gasteiger partial charge < -0.3 is 16.4 Å². The number of rotatable bonds is 8. The van der Waals surface area contributed by atoms with Gasteiger partial charge in [-0.1, -0.05) is 35.9 Å². The van der Waals surface area contributed by atoms with E-state index in [4.69, 9.17) is 17.3 Å². The standard InChI is InChI=1S/C28H30ClN5O/c1-17-6-7-18(2)25(14-17)34-27-22-15-20(8-10-23(22)33-19(3)26(27)29)21-9-11-24(32-16-21)28(35)31-13-5-4-12-30/h6-11,14-16H,4-5,12-13,30H2,1-3H3,(H,31,35)(H,33,34). The molecule has 0 unspecified atom stereocenters. The fourth-order valence-corrected chi connectivity index (χ4v) is 4.12. The molecule has 35 heavy (non-hydrogen) atoms. The Morgan fingerprint density at radius 1 is 1.00 bits per heavy atom. The van der Waals surface area contributed by atoms with E-state index in [9.17, 15) is 4.79 Å². The number of halogens is 1. The maximum Gasteiger partial charge on any atom is 0.269 e. The molecule has 7 heteroatoms. The summed E-state index contributed by atoms with van der Waals surface area (Å²) in [6, 6.07) is 16.0. The Hall–Kier alpha value is -3.48. The summed E-state index contributed by atoms with van der Waals surface area (Å²) in [6.07, 6.45) is 3.45. The van der Waals surface area contributed by atoms with Crippen LogP contribution >= 0.6 is 11.6 Å². The molecule has 0 spiro atoms. The van der Waals surface area contributed by atoms with E-state index in [-0.39, 0.29) is 5.91 Å². The molecule has 1 amide bonds. The number of unbranched alkanes of at least 4 members (excludes halogenated alkanes) is 1. The highest BCUT2D eigenvalue weighted by atomic mass is 35.5. The minimum Gasteiger partial charge on any atom is -0.353 e. The fourth-order valence-electron chi connectivity index (χ4n) is 3.93. The lowest BCUT2D eigenvalue weighted by Gasteiger charge is -2.16. The summed E-state index contributed by atoms with van der Waals surface area (Å²) >= 11 is 6.74. The Morgan fingerprint density at radius 3 is 2.54 bits per heavy atom. The van der Waals surface area contributed by atoms with Gasteiger partial charge in [0, 0.05) is 29.4 Å². The zero-order valence-electron chi connectivity index (χ0n) is 20.3. The average molecular weight is 488 g/mol. The molecular weight excluding hydrogens is 458 g/mol. The van der Waals surface area contributed by atoms with Crippen LogP contribution in [0.15, 0.2) is 54.7 Å². The number of carbonyl (C=O) groups is 1. The van der Waals surface area contributed by atoms with Crippen LogP contribution in [-0.4, -0.2) is 29.0 Å². The molecule has 0 fully saturated rings. The first-order chi connectivity index (χ1) is 16.9. The highest BCUT2D eigenvalue weighted by Gasteiger charge is 2.14. The molecule has 2 aromatic carbocycles. The van der Waals surface area contributed by atoms with E-state index in [1.807, 2.05) is 25.1 Å². The molecule has 0 radical (unpaired) electrons. The molecule has 4 N–H and O–H groups in total. The molecule has 180 valence electrons. The van der Waals surface area contributed by atoms with Gasteiger partial charge in [0.25, 0.3) is 5.91 Å². The number of benzene rings is 2. The maximum absolute atomic E-state index is 12.3. The highest BCUT2D eigenvalue weighted by molar-refractivity contribution is 6.35. The van der Waals surface area contributed by atoms with Crippen molar-refractivity contribution in [2.24, 2.45) is 5.73 Å². The lowest BCUT2D eigenvalue weighted by atomic mass is 10.0. The molecule has 0 aliphatic heterocycles. The van der Waals surface area contributed by atoms with Gasteiger partial charge in [-0.15, -0.1) is 0 Å². The van der Waals surface area contributed by atoms with E-state index in [1.54, 1.807) is 12.3 Å². The number of amides is 1. The van der Waals surface area contributed by atoms with Crippen molar-refractivity contribution >= 4 is 39.8 Å². The summed E-state index contributed by atoms with van der Waals surface area (Å²) in [7, 11) is 0. The smallest absolute Gasteiger partial charge is 0.269 e. The average Bonchev–Trinajstić information content (AvgIpc) is 2.86. The van der Waals surface area contributed by atoms with Crippen LogP contribution in [0.5, 0.6) is 0 Å². The number of carbonyl (C=O) groups excluding carboxylic acids is 1. The first-order valence-electron chi connectivity index (χ1n) is 11.8. The second kappa shape index (κ2) is 10.8. The normalized spacial score (nSPS) is 11.0. The number of hydrogen-bond donors (Lipinski definition) is 3. The van der Waals surface area contributed by atoms with Crippen molar-refractivity contribution in [2.75, 3.05) is 18.4 Å². The third-order valence-electron chi connectivity index (χ3n) is 5.99. The topological polar surface area (TPSA) is 92.9 Å². The van der Waals surface area contributed by atoms with Crippen molar-refractivity contribution in [3.63, 3.8) is 0 Å². The summed E-state index contributed by atoms with van der Waals surface area (Å²) < 4.78 is 0. The van der Waals surface area contributed by atoms with Crippen molar-refractivity contribution < 1.29 is 4.79 Å². The summed E-state index contributed by atoms with van der Waals surface area (Å²) in [5, 5.41) is 7.94. The largest absolute Gasteiger partial charge is 0.353 e. The van der Waals surface area contributed by atoms with Crippen LogP contribution in [0.3, 0.4) is 0 Å². The Balaban J connectivity index is 1.66. The first kappa shape index (κ1) is 24.6. The minimum atomic E-state index is -0.182. The molecular formula is C28H30ClN5O. The number of anilines is 2. The molecule has 0 saturated carbocycles. The Bertz CT molecular complexity index is 1370. The van der Waals surface area contributed by atoms with E-state index in [1.165, 1.54) is 5.56 Å². The molecule has 0 saturated heterocycles. The molecule has 0 atom stereocenters. The van der Waals surface area contributed by atoms with Gasteiger partial charge in [-0.25, -0.2) is 0 Å². The van der Waals surface area contributed by atoms with Gasteiger partial charge in [0.05, 0.1) is 21.9 Å². The number of fused-ring (bicyclic) bond motifs is 1. The van der Waals surface area contributed by atoms with Crippen LogP contribution in [0.25, 0.3) is 22.0 Å². The minimum absolute atomic E-state index is 0.182. The molecule has 0 aliphatic rings. The van der Waals surface area contributed by atoms with Gasteiger partial charge in [0.1, 0.15) is 5.69 Å². The molecule has 4 aromatic rings. The lowest BCUT2D eigenvalue weighted by Crippen LogP contribution is -2.25. The number of aromatic nitrogens is 2. The van der Waals surface area contributed by atoms with E-state index >= 15 is 0 Å². The predicted molar refractivity (Wildman–Crippen MR) is 145 cm³/mol. The van der Waals surface area contributed by atoms with Gasteiger partial charge in [0.15, 0.2) is 0 Å². The van der Waals surface area contributed by atoms with Crippen LogP contribution in [0.4, 0.5) is 11.4 Å². The van der Waals surface area contributed by atoms with Crippen molar-refractivity contribution in [3.05, 3.63) is 82.3 Å². The van der Waals surface area contributed by atoms with Gasteiger partial charge in [-0.2, -0.15) is 0 Å². The number of nitrogens with zero attached hydrogens (tertiary/aromatic N) is 2. The number of pyridine rings is 2. The van der Waals surface area contributed by atoms with Crippen LogP contribution in [0, 0.1) is 20.8 Å². The highest BCUT2D eigenvalue weighted by Crippen LogP contribution is 2.37. The van der Waals surface area contributed by atoms with E-state index in [0.717, 1.165) is 57.5 Å². The third kappa shape index (κ3) is 5.61. The van der Waals surface area contributed by atoms with Crippen molar-refractivity contribution in [1.29, 1.82) is 0 Å². The Labute approximate surface area is 210 Å². The molecule has 0 aliphatic carbocycles. The Morgan fingerprint density at radius 2 is 1.80 bits per heavy atom. The van der Waals surface area contributed by atoms with Gasteiger partial charge >= 0.3 is 0 Å². The van der Waals surface area contributed by atoms with Gasteiger partial charge in [0.2, 0.25) is 0 Å². The summed E-state index contributed by atoms with van der Waals surface area (Å²) in [5.74, 6) is -0.182. The molecule has 6 nitrogen and oxygen atoms in total. The van der Waals surface area contributed by atoms with Gasteiger partial charge in [-0.3, -0.25) is 14.8 Å². The Kier molecular flexibility index (Phi) is 7.63. The zero-order chi connectivity index (χ0) is 24.9. The number of hydrogen-bond acceptors (Lipinski definition) is 5. The quantitative estimate of drug-likeness (QED) is 0.261. The van der Waals surface area contributed by atoms with Crippen LogP contribution < -0.4 is 16.4 Å². The summed E-state index contributed by atoms with van der Waals surface area (Å²) in [4.78, 5) is 21.4. The predicted octanol–water partition coefficient (Wildman–Crippen LogP) is 6.09. The zero-order valence-corrected chi connectivity index (χ0v) is 21.0. The number of aryl methyl sites for hydroxylation is 3. The fraction of sp³-hybridized carbons (Fsp3) is 0.250. The molecule has 2 aromatic heterocycles. The van der Waals surface area contributed by atoms with E-state index in [0.29, 0.717) is 23.8 Å². The van der Waals surface area contributed by atoms with Crippen LogP contribution in [-0.2, 0) is 0 Å². The molecule has 4 rings (SSSR count). The summed E-state index contributed by atoms with van der Waals surface area (Å²) in [5.41, 5.74) is 13.5. The SMILES string of the molecule is Cc1ccc(C)c(Nc2c(Cl)c(C)nc3ccc(-c4ccc(C(=O)NCCCCN)nc4)cc23)c1. The molecule has 2 heterocycles. The monoisotopic (exact) mass is 487 g/mol. The van der Waals surface area contributed by atoms with E-state index < -0.39 is 0 Å². The number of nitrogens with two attached hydrogens (primary N) is 1. The number of nitrogens with one attached hydrogen (secondary N) is 2. The van der Waals surface area contributed by atoms with Crippen molar-refractivity contribution in [2.45, 2.75) is 33.6 Å². The van der Waals surface area contributed by atoms with Gasteiger partial charge in [-0.05, 0) is 81.1 Å².